The summed E-state index contributed by atoms with van der Waals surface area (Å²) in [5, 5.41) is 5.41. The number of amides is 1. The van der Waals surface area contributed by atoms with Crippen LogP contribution in [0.4, 0.5) is 13.2 Å². The van der Waals surface area contributed by atoms with Crippen molar-refractivity contribution in [2.45, 2.75) is 50.0 Å². The van der Waals surface area contributed by atoms with Crippen molar-refractivity contribution in [1.82, 2.24) is 15.5 Å². The number of nitrogens with zero attached hydrogens (tertiary/aromatic N) is 1. The molecule has 19 heavy (non-hydrogen) atoms. The van der Waals surface area contributed by atoms with E-state index in [1.807, 2.05) is 17.3 Å². The fourth-order valence-corrected chi connectivity index (χ4v) is 3.00. The number of carbonyl (C=O) groups is 1. The third-order valence-electron chi connectivity index (χ3n) is 3.95. The third-order valence-corrected chi connectivity index (χ3v) is 3.95. The fourth-order valence-electron chi connectivity index (χ4n) is 3.00. The number of halogens is 3. The van der Waals surface area contributed by atoms with Crippen molar-refractivity contribution in [2.75, 3.05) is 20.1 Å². The van der Waals surface area contributed by atoms with Crippen LogP contribution < -0.4 is 10.6 Å². The molecule has 0 aromatic rings. The summed E-state index contributed by atoms with van der Waals surface area (Å²) in [4.78, 5) is 13.3. The highest BCUT2D eigenvalue weighted by molar-refractivity contribution is 5.78. The minimum atomic E-state index is -4.35. The fraction of sp³-hybridized carbons (Fsp3) is 0.917. The molecule has 0 radical (unpaired) electrons. The molecule has 0 aromatic carbocycles. The van der Waals surface area contributed by atoms with Gasteiger partial charge in [-0.25, -0.2) is 0 Å². The van der Waals surface area contributed by atoms with Crippen LogP contribution in [0, 0.1) is 0 Å². The number of rotatable bonds is 4. The number of hydrogen-bond donors (Lipinski definition) is 2. The predicted octanol–water partition coefficient (Wildman–Crippen LogP) is 0.880. The van der Waals surface area contributed by atoms with Gasteiger partial charge in [0.05, 0.1) is 6.54 Å². The highest BCUT2D eigenvalue weighted by Gasteiger charge is 2.35. The second-order valence-electron chi connectivity index (χ2n) is 5.57. The van der Waals surface area contributed by atoms with E-state index in [0.717, 1.165) is 25.7 Å². The van der Waals surface area contributed by atoms with Crippen molar-refractivity contribution in [3.63, 3.8) is 0 Å². The Labute approximate surface area is 110 Å². The van der Waals surface area contributed by atoms with Gasteiger partial charge in [-0.05, 0) is 32.7 Å². The van der Waals surface area contributed by atoms with Crippen molar-refractivity contribution in [2.24, 2.45) is 0 Å². The molecule has 4 nitrogen and oxygen atoms in total. The van der Waals surface area contributed by atoms with Crippen LogP contribution in [-0.4, -0.2) is 55.2 Å². The van der Waals surface area contributed by atoms with E-state index in [4.69, 9.17) is 0 Å². The molecule has 0 saturated carbocycles. The van der Waals surface area contributed by atoms with E-state index in [1.54, 1.807) is 0 Å². The molecule has 2 aliphatic rings. The van der Waals surface area contributed by atoms with Gasteiger partial charge in [0.1, 0.15) is 6.54 Å². The summed E-state index contributed by atoms with van der Waals surface area (Å²) in [6, 6.07) is 1.30. The Hall–Kier alpha value is -0.820. The summed E-state index contributed by atoms with van der Waals surface area (Å²) in [5.41, 5.74) is 0. The first-order chi connectivity index (χ1) is 8.83. The van der Waals surface area contributed by atoms with E-state index in [-0.39, 0.29) is 12.6 Å². The summed E-state index contributed by atoms with van der Waals surface area (Å²) >= 11 is 0. The van der Waals surface area contributed by atoms with Crippen LogP contribution >= 0.6 is 0 Å². The largest absolute Gasteiger partial charge is 0.405 e. The minimum absolute atomic E-state index is 0.0280. The van der Waals surface area contributed by atoms with Crippen LogP contribution in [0.5, 0.6) is 0 Å². The monoisotopic (exact) mass is 279 g/mol. The van der Waals surface area contributed by atoms with Crippen LogP contribution in [0.2, 0.25) is 0 Å². The smallest absolute Gasteiger partial charge is 0.346 e. The molecular formula is C12H20F3N3O. The summed E-state index contributed by atoms with van der Waals surface area (Å²) in [5.74, 6) is -0.564. The Morgan fingerprint density at radius 1 is 1.32 bits per heavy atom. The zero-order valence-corrected chi connectivity index (χ0v) is 11.0. The number of fused-ring (bicyclic) bond motifs is 2. The molecule has 2 bridgehead atoms. The van der Waals surface area contributed by atoms with Crippen LogP contribution in [0.1, 0.15) is 25.7 Å². The molecule has 2 heterocycles. The molecule has 2 fully saturated rings. The first-order valence-electron chi connectivity index (χ1n) is 6.63. The molecule has 2 atom stereocenters. The van der Waals surface area contributed by atoms with Gasteiger partial charge in [0, 0.05) is 18.1 Å². The molecule has 2 N–H and O–H groups in total. The van der Waals surface area contributed by atoms with Gasteiger partial charge in [-0.1, -0.05) is 0 Å². The van der Waals surface area contributed by atoms with E-state index in [9.17, 15) is 18.0 Å². The van der Waals surface area contributed by atoms with Crippen molar-refractivity contribution >= 4 is 5.91 Å². The number of hydrogen-bond acceptors (Lipinski definition) is 3. The van der Waals surface area contributed by atoms with Gasteiger partial charge in [0.25, 0.3) is 0 Å². The number of piperidine rings is 1. The van der Waals surface area contributed by atoms with Gasteiger partial charge in [0.15, 0.2) is 0 Å². The molecule has 2 saturated heterocycles. The van der Waals surface area contributed by atoms with Crippen LogP contribution in [-0.2, 0) is 4.79 Å². The van der Waals surface area contributed by atoms with E-state index >= 15 is 0 Å². The van der Waals surface area contributed by atoms with Gasteiger partial charge in [0.2, 0.25) is 5.91 Å². The van der Waals surface area contributed by atoms with Crippen molar-refractivity contribution in [3.8, 4) is 0 Å². The lowest BCUT2D eigenvalue weighted by Gasteiger charge is -2.35. The third kappa shape index (κ3) is 4.35. The average Bonchev–Trinajstić information content (AvgIpc) is 2.64. The minimum Gasteiger partial charge on any atom is -0.346 e. The summed E-state index contributed by atoms with van der Waals surface area (Å²) < 4.78 is 35.9. The molecule has 7 heteroatoms. The molecule has 110 valence electrons. The average molecular weight is 279 g/mol. The molecular weight excluding hydrogens is 259 g/mol. The van der Waals surface area contributed by atoms with E-state index in [0.29, 0.717) is 12.1 Å². The predicted molar refractivity (Wildman–Crippen MR) is 64.7 cm³/mol. The van der Waals surface area contributed by atoms with Gasteiger partial charge >= 0.3 is 6.18 Å². The Morgan fingerprint density at radius 2 is 1.89 bits per heavy atom. The first-order valence-corrected chi connectivity index (χ1v) is 6.63. The Morgan fingerprint density at radius 3 is 2.42 bits per heavy atom. The van der Waals surface area contributed by atoms with Gasteiger partial charge < -0.3 is 10.6 Å². The zero-order chi connectivity index (χ0) is 14.0. The molecule has 1 amide bonds. The van der Waals surface area contributed by atoms with Gasteiger partial charge in [-0.3, -0.25) is 9.69 Å². The standard InChI is InChI=1S/C12H20F3N3O/c1-18(6-11(19)16-7-12(13,14)15)10-4-8-2-3-9(5-10)17-8/h8-10,17H,2-7H2,1H3,(H,16,19). The molecule has 2 rings (SSSR count). The number of nitrogens with one attached hydrogen (secondary N) is 2. The SMILES string of the molecule is CN(CC(=O)NCC(F)(F)F)C1CC2CCC(C1)N2. The maximum absolute atomic E-state index is 12.0. The summed E-state index contributed by atoms with van der Waals surface area (Å²) in [7, 11) is 1.81. The van der Waals surface area contributed by atoms with Crippen molar-refractivity contribution in [1.29, 1.82) is 0 Å². The normalized spacial score (nSPS) is 30.7. The lowest BCUT2D eigenvalue weighted by Crippen LogP contribution is -2.49. The maximum Gasteiger partial charge on any atom is 0.405 e. The molecule has 2 unspecified atom stereocenters. The second kappa shape index (κ2) is 5.66. The lowest BCUT2D eigenvalue weighted by atomic mass is 9.98. The Balaban J connectivity index is 1.74. The van der Waals surface area contributed by atoms with Crippen LogP contribution in [0.25, 0.3) is 0 Å². The zero-order valence-electron chi connectivity index (χ0n) is 11.0. The second-order valence-corrected chi connectivity index (χ2v) is 5.57. The van der Waals surface area contributed by atoms with Crippen molar-refractivity contribution in [3.05, 3.63) is 0 Å². The Bertz CT molecular complexity index is 323. The number of alkyl halides is 3. The molecule has 0 spiro atoms. The highest BCUT2D eigenvalue weighted by atomic mass is 19.4. The van der Waals surface area contributed by atoms with Crippen molar-refractivity contribution < 1.29 is 18.0 Å². The number of likely N-dealkylation sites (N-methyl/N-ethyl adjacent to an activating group) is 1. The lowest BCUT2D eigenvalue weighted by molar-refractivity contribution is -0.139. The Kier molecular flexibility index (Phi) is 4.35. The van der Waals surface area contributed by atoms with E-state index < -0.39 is 18.6 Å². The summed E-state index contributed by atoms with van der Waals surface area (Å²) in [6.07, 6.45) is -0.0776. The quantitative estimate of drug-likeness (QED) is 0.803. The molecule has 0 aromatic heterocycles. The van der Waals surface area contributed by atoms with Crippen LogP contribution in [0.15, 0.2) is 0 Å². The number of carbonyl (C=O) groups excluding carboxylic acids is 1. The van der Waals surface area contributed by atoms with Gasteiger partial charge in [-0.2, -0.15) is 13.2 Å². The van der Waals surface area contributed by atoms with Gasteiger partial charge in [-0.15, -0.1) is 0 Å². The summed E-state index contributed by atoms with van der Waals surface area (Å²) in [6.45, 7) is -1.22. The topological polar surface area (TPSA) is 44.4 Å². The highest BCUT2D eigenvalue weighted by Crippen LogP contribution is 2.29. The molecule has 0 aliphatic carbocycles. The van der Waals surface area contributed by atoms with E-state index in [1.165, 1.54) is 0 Å². The van der Waals surface area contributed by atoms with Crippen LogP contribution in [0.3, 0.4) is 0 Å². The van der Waals surface area contributed by atoms with E-state index in [2.05, 4.69) is 5.32 Å². The maximum atomic E-state index is 12.0. The molecule has 2 aliphatic heterocycles. The first kappa shape index (κ1) is 14.6.